The van der Waals surface area contributed by atoms with Crippen molar-refractivity contribution in [2.24, 2.45) is 5.92 Å². The number of hydrogen-bond acceptors (Lipinski definition) is 5. The van der Waals surface area contributed by atoms with Gasteiger partial charge in [0.1, 0.15) is 12.6 Å². The first-order valence-electron chi connectivity index (χ1n) is 6.39. The highest BCUT2D eigenvalue weighted by atomic mass is 32.2. The van der Waals surface area contributed by atoms with E-state index in [0.29, 0.717) is 0 Å². The van der Waals surface area contributed by atoms with Crippen LogP contribution in [0.4, 0.5) is 4.79 Å². The number of aliphatic carboxylic acids is 1. The first-order chi connectivity index (χ1) is 9.30. The van der Waals surface area contributed by atoms with E-state index in [1.807, 2.05) is 0 Å². The molecule has 0 saturated carbocycles. The number of carbonyl (C=O) groups is 2. The van der Waals surface area contributed by atoms with Crippen molar-refractivity contribution in [2.75, 3.05) is 6.61 Å². The van der Waals surface area contributed by atoms with Crippen LogP contribution in [0.2, 0.25) is 0 Å². The van der Waals surface area contributed by atoms with Gasteiger partial charge in [0.2, 0.25) is 0 Å². The molecule has 0 saturated heterocycles. The van der Waals surface area contributed by atoms with Gasteiger partial charge in [-0.3, -0.25) is 0 Å². The molecule has 0 spiro atoms. The number of carbonyl (C=O) groups excluding carboxylic acids is 1. The van der Waals surface area contributed by atoms with Crippen molar-refractivity contribution in [1.82, 2.24) is 5.32 Å². The van der Waals surface area contributed by atoms with Gasteiger partial charge in [-0.05, 0) is 26.7 Å². The minimum atomic E-state index is -3.65. The molecule has 0 aromatic carbocycles. The van der Waals surface area contributed by atoms with Crippen LogP contribution in [0.25, 0.3) is 0 Å². The van der Waals surface area contributed by atoms with E-state index in [4.69, 9.17) is 9.84 Å². The van der Waals surface area contributed by atoms with E-state index in [1.54, 1.807) is 13.8 Å². The fourth-order valence-corrected chi connectivity index (χ4v) is 2.42. The van der Waals surface area contributed by atoms with E-state index in [-0.39, 0.29) is 10.8 Å². The van der Waals surface area contributed by atoms with Gasteiger partial charge in [0.25, 0.3) is 0 Å². The second kappa shape index (κ2) is 6.93. The lowest BCUT2D eigenvalue weighted by Crippen LogP contribution is -2.44. The third kappa shape index (κ3) is 5.37. The van der Waals surface area contributed by atoms with Gasteiger partial charge in [-0.15, -0.1) is 0 Å². The standard InChI is InChI=1S/C13H23NO6S/c1-8(2)10(11(15)16)14-12(17)20-7-9(3)21(18,19)13(4,5)6/h8,10H,3,7H2,1-2,4-6H3,(H,14,17)(H,15,16)/t10-/m1/s1. The lowest BCUT2D eigenvalue weighted by molar-refractivity contribution is -0.140. The topological polar surface area (TPSA) is 110 Å². The van der Waals surface area contributed by atoms with Crippen LogP contribution in [0.3, 0.4) is 0 Å². The molecule has 0 bridgehead atoms. The van der Waals surface area contributed by atoms with E-state index >= 15 is 0 Å². The zero-order chi connectivity index (χ0) is 17.0. The molecule has 0 aromatic rings. The van der Waals surface area contributed by atoms with Crippen molar-refractivity contribution in [1.29, 1.82) is 0 Å². The maximum atomic E-state index is 12.0. The molecule has 0 aliphatic rings. The lowest BCUT2D eigenvalue weighted by atomic mass is 10.1. The van der Waals surface area contributed by atoms with Gasteiger partial charge >= 0.3 is 12.1 Å². The minimum Gasteiger partial charge on any atom is -0.480 e. The molecule has 122 valence electrons. The Hall–Kier alpha value is -1.57. The van der Waals surface area contributed by atoms with Crippen molar-refractivity contribution in [3.63, 3.8) is 0 Å². The summed E-state index contributed by atoms with van der Waals surface area (Å²) in [6.07, 6.45) is -0.999. The molecule has 21 heavy (non-hydrogen) atoms. The Morgan fingerprint density at radius 1 is 1.29 bits per heavy atom. The monoisotopic (exact) mass is 321 g/mol. The Bertz CT molecular complexity index is 515. The van der Waals surface area contributed by atoms with Crippen molar-refractivity contribution in [2.45, 2.75) is 45.4 Å². The lowest BCUT2D eigenvalue weighted by Gasteiger charge is -2.21. The number of ether oxygens (including phenoxy) is 1. The Balaban J connectivity index is 4.65. The number of rotatable bonds is 6. The number of carboxylic acids is 1. The third-order valence-electron chi connectivity index (χ3n) is 2.76. The van der Waals surface area contributed by atoms with Crippen LogP contribution in [0.15, 0.2) is 11.5 Å². The molecule has 2 N–H and O–H groups in total. The van der Waals surface area contributed by atoms with Gasteiger partial charge in [-0.2, -0.15) is 0 Å². The third-order valence-corrected chi connectivity index (χ3v) is 5.25. The first kappa shape index (κ1) is 19.4. The molecule has 0 rings (SSSR count). The second-order valence-corrected chi connectivity index (χ2v) is 8.74. The van der Waals surface area contributed by atoms with Gasteiger partial charge in [0.15, 0.2) is 9.84 Å². The van der Waals surface area contributed by atoms with Gasteiger partial charge < -0.3 is 15.2 Å². The first-order valence-corrected chi connectivity index (χ1v) is 7.87. The zero-order valence-corrected chi connectivity index (χ0v) is 13.8. The summed E-state index contributed by atoms with van der Waals surface area (Å²) in [5.74, 6) is -1.53. The average molecular weight is 321 g/mol. The van der Waals surface area contributed by atoms with Crippen LogP contribution in [0, 0.1) is 5.92 Å². The summed E-state index contributed by atoms with van der Waals surface area (Å²) in [7, 11) is -3.65. The van der Waals surface area contributed by atoms with Crippen LogP contribution in [0.1, 0.15) is 34.6 Å². The number of hydrogen-bond donors (Lipinski definition) is 2. The zero-order valence-electron chi connectivity index (χ0n) is 13.0. The molecule has 0 fully saturated rings. The predicted octanol–water partition coefficient (Wildman–Crippen LogP) is 1.55. The molecule has 0 aromatic heterocycles. The summed E-state index contributed by atoms with van der Waals surface area (Å²) in [5, 5.41) is 11.1. The molecule has 7 nitrogen and oxygen atoms in total. The average Bonchev–Trinajstić information content (AvgIpc) is 2.30. The van der Waals surface area contributed by atoms with E-state index in [0.717, 1.165) is 0 Å². The number of nitrogens with one attached hydrogen (secondary N) is 1. The maximum absolute atomic E-state index is 12.0. The molecule has 0 aliphatic carbocycles. The second-order valence-electron chi connectivity index (χ2n) is 5.93. The highest BCUT2D eigenvalue weighted by Gasteiger charge is 2.32. The number of amides is 1. The van der Waals surface area contributed by atoms with Gasteiger partial charge in [0.05, 0.1) is 9.65 Å². The molecule has 0 aliphatic heterocycles. The SMILES string of the molecule is C=C(COC(=O)N[C@@H](C(=O)O)C(C)C)S(=O)(=O)C(C)(C)C. The summed E-state index contributed by atoms with van der Waals surface area (Å²) in [5.41, 5.74) is 0. The highest BCUT2D eigenvalue weighted by Crippen LogP contribution is 2.22. The van der Waals surface area contributed by atoms with Crippen LogP contribution < -0.4 is 5.32 Å². The summed E-state index contributed by atoms with van der Waals surface area (Å²) in [6.45, 7) is 10.7. The van der Waals surface area contributed by atoms with Crippen LogP contribution >= 0.6 is 0 Å². The maximum Gasteiger partial charge on any atom is 0.408 e. The van der Waals surface area contributed by atoms with Crippen LogP contribution in [-0.2, 0) is 19.4 Å². The summed E-state index contributed by atoms with van der Waals surface area (Å²) >= 11 is 0. The van der Waals surface area contributed by atoms with E-state index in [1.165, 1.54) is 20.8 Å². The summed E-state index contributed by atoms with van der Waals surface area (Å²) in [4.78, 5) is 22.2. The fraction of sp³-hybridized carbons (Fsp3) is 0.692. The molecule has 1 atom stereocenters. The number of sulfone groups is 1. The van der Waals surface area contributed by atoms with Crippen LogP contribution in [0.5, 0.6) is 0 Å². The minimum absolute atomic E-state index is 0.235. The van der Waals surface area contributed by atoms with Gasteiger partial charge in [-0.1, -0.05) is 20.4 Å². The molecule has 0 unspecified atom stereocenters. The normalized spacial score (nSPS) is 13.6. The number of alkyl carbamates (subject to hydrolysis) is 1. The predicted molar refractivity (Wildman–Crippen MR) is 78.6 cm³/mol. The van der Waals surface area contributed by atoms with Gasteiger partial charge in [0, 0.05) is 0 Å². The molecule has 0 heterocycles. The molecule has 8 heteroatoms. The Morgan fingerprint density at radius 3 is 2.10 bits per heavy atom. The van der Waals surface area contributed by atoms with Crippen molar-refractivity contribution in [3.8, 4) is 0 Å². The van der Waals surface area contributed by atoms with E-state index < -0.39 is 39.3 Å². The van der Waals surface area contributed by atoms with Crippen molar-refractivity contribution >= 4 is 21.9 Å². The Morgan fingerprint density at radius 2 is 1.76 bits per heavy atom. The smallest absolute Gasteiger partial charge is 0.408 e. The molecule has 1 amide bonds. The van der Waals surface area contributed by atoms with E-state index in [9.17, 15) is 18.0 Å². The van der Waals surface area contributed by atoms with Gasteiger partial charge in [-0.25, -0.2) is 18.0 Å². The largest absolute Gasteiger partial charge is 0.480 e. The Kier molecular flexibility index (Phi) is 6.41. The summed E-state index contributed by atoms with van der Waals surface area (Å²) < 4.78 is 27.7. The highest BCUT2D eigenvalue weighted by molar-refractivity contribution is 7.96. The summed E-state index contributed by atoms with van der Waals surface area (Å²) in [6, 6.07) is -1.11. The number of carboxylic acid groups (broad SMARTS) is 1. The Labute approximate surface area is 125 Å². The fourth-order valence-electron chi connectivity index (χ4n) is 1.34. The van der Waals surface area contributed by atoms with Crippen LogP contribution in [-0.4, -0.2) is 43.0 Å². The molecule has 0 radical (unpaired) electrons. The van der Waals surface area contributed by atoms with Crippen molar-refractivity contribution < 1.29 is 27.9 Å². The quantitative estimate of drug-likeness (QED) is 0.768. The van der Waals surface area contributed by atoms with Crippen molar-refractivity contribution in [3.05, 3.63) is 11.5 Å². The van der Waals surface area contributed by atoms with E-state index in [2.05, 4.69) is 11.9 Å². The molecular weight excluding hydrogens is 298 g/mol. The molecular formula is C13H23NO6S.